The number of nitrogens with zero attached hydrogens (tertiary/aromatic N) is 1. The fraction of sp³-hybridized carbons (Fsp3) is 0.250. The number of rotatable bonds is 8. The number of anilines is 1. The molecule has 0 saturated heterocycles. The highest BCUT2D eigenvalue weighted by Gasteiger charge is 2.06. The third kappa shape index (κ3) is 6.26. The molecule has 0 radical (unpaired) electrons. The van der Waals surface area contributed by atoms with Gasteiger partial charge in [0.1, 0.15) is 0 Å². The maximum absolute atomic E-state index is 12.0. The molecule has 0 fully saturated rings. The minimum absolute atomic E-state index is 0.0909. The summed E-state index contributed by atoms with van der Waals surface area (Å²) in [6.45, 7) is 2.64. The molecule has 0 aliphatic heterocycles. The van der Waals surface area contributed by atoms with Gasteiger partial charge in [-0.3, -0.25) is 9.59 Å². The zero-order valence-corrected chi connectivity index (χ0v) is 15.4. The van der Waals surface area contributed by atoms with Crippen LogP contribution in [0.1, 0.15) is 34.8 Å². The van der Waals surface area contributed by atoms with Crippen molar-refractivity contribution in [2.75, 3.05) is 17.6 Å². The Kier molecular flexibility index (Phi) is 7.72. The fourth-order valence-corrected chi connectivity index (χ4v) is 2.97. The van der Waals surface area contributed by atoms with Gasteiger partial charge in [-0.15, -0.1) is 11.8 Å². The van der Waals surface area contributed by atoms with E-state index in [0.717, 1.165) is 12.0 Å². The van der Waals surface area contributed by atoms with Crippen LogP contribution in [-0.2, 0) is 10.5 Å². The molecule has 2 aromatic rings. The highest BCUT2D eigenvalue weighted by molar-refractivity contribution is 7.99. The largest absolute Gasteiger partial charge is 0.352 e. The van der Waals surface area contributed by atoms with Crippen molar-refractivity contribution < 1.29 is 9.59 Å². The molecule has 0 spiro atoms. The van der Waals surface area contributed by atoms with E-state index < -0.39 is 0 Å². The van der Waals surface area contributed by atoms with Crippen LogP contribution in [0.4, 0.5) is 5.69 Å². The molecule has 0 aliphatic carbocycles. The molecule has 2 rings (SSSR count). The first-order valence-corrected chi connectivity index (χ1v) is 9.52. The molecule has 2 aromatic carbocycles. The lowest BCUT2D eigenvalue weighted by Gasteiger charge is -2.07. The Morgan fingerprint density at radius 1 is 1.08 bits per heavy atom. The van der Waals surface area contributed by atoms with Gasteiger partial charge in [-0.25, -0.2) is 0 Å². The van der Waals surface area contributed by atoms with Gasteiger partial charge < -0.3 is 10.6 Å². The predicted molar refractivity (Wildman–Crippen MR) is 105 cm³/mol. The van der Waals surface area contributed by atoms with E-state index in [9.17, 15) is 9.59 Å². The van der Waals surface area contributed by atoms with Crippen molar-refractivity contribution in [1.82, 2.24) is 5.32 Å². The number of hydrogen-bond donors (Lipinski definition) is 2. The van der Waals surface area contributed by atoms with Gasteiger partial charge in [0.05, 0.1) is 17.4 Å². The van der Waals surface area contributed by atoms with E-state index in [1.165, 1.54) is 11.8 Å². The number of carbonyl (C=O) groups is 2. The summed E-state index contributed by atoms with van der Waals surface area (Å²) in [5.74, 6) is 0.837. The third-order valence-corrected chi connectivity index (χ3v) is 4.56. The van der Waals surface area contributed by atoms with Crippen LogP contribution in [0.3, 0.4) is 0 Å². The van der Waals surface area contributed by atoms with Crippen molar-refractivity contribution in [3.05, 3.63) is 65.2 Å². The van der Waals surface area contributed by atoms with Crippen molar-refractivity contribution >= 4 is 29.3 Å². The van der Waals surface area contributed by atoms with Gasteiger partial charge in [0.25, 0.3) is 5.91 Å². The normalized spacial score (nSPS) is 10.0. The monoisotopic (exact) mass is 367 g/mol. The zero-order valence-electron chi connectivity index (χ0n) is 14.6. The summed E-state index contributed by atoms with van der Waals surface area (Å²) >= 11 is 1.51. The second-order valence-corrected chi connectivity index (χ2v) is 6.67. The van der Waals surface area contributed by atoms with Crippen LogP contribution in [0.2, 0.25) is 0 Å². The Balaban J connectivity index is 1.76. The van der Waals surface area contributed by atoms with Gasteiger partial charge in [-0.2, -0.15) is 5.26 Å². The highest BCUT2D eigenvalue weighted by Crippen LogP contribution is 2.14. The number of hydrogen-bond acceptors (Lipinski definition) is 4. The van der Waals surface area contributed by atoms with Crippen molar-refractivity contribution in [1.29, 1.82) is 5.26 Å². The summed E-state index contributed by atoms with van der Waals surface area (Å²) in [5, 5.41) is 14.4. The lowest BCUT2D eigenvalue weighted by atomic mass is 10.2. The SMILES string of the molecule is CCCNC(=O)c1ccc(NC(=O)CSCc2ccc(C#N)cc2)cc1. The molecular weight excluding hydrogens is 346 g/mol. The maximum Gasteiger partial charge on any atom is 0.251 e. The summed E-state index contributed by atoms with van der Waals surface area (Å²) < 4.78 is 0. The molecule has 0 atom stereocenters. The van der Waals surface area contributed by atoms with Gasteiger partial charge >= 0.3 is 0 Å². The average Bonchev–Trinajstić information content (AvgIpc) is 2.67. The third-order valence-electron chi connectivity index (χ3n) is 3.55. The van der Waals surface area contributed by atoms with Crippen LogP contribution in [0.25, 0.3) is 0 Å². The molecule has 0 unspecified atom stereocenters. The van der Waals surface area contributed by atoms with Gasteiger partial charge in [-0.05, 0) is 48.4 Å². The average molecular weight is 367 g/mol. The number of benzene rings is 2. The quantitative estimate of drug-likeness (QED) is 0.747. The summed E-state index contributed by atoms with van der Waals surface area (Å²) in [6, 6.07) is 16.3. The van der Waals surface area contributed by atoms with Crippen molar-refractivity contribution in [2.45, 2.75) is 19.1 Å². The minimum Gasteiger partial charge on any atom is -0.352 e. The van der Waals surface area contributed by atoms with E-state index in [0.29, 0.717) is 34.9 Å². The van der Waals surface area contributed by atoms with Gasteiger partial charge in [0.15, 0.2) is 0 Å². The number of nitriles is 1. The van der Waals surface area contributed by atoms with E-state index in [4.69, 9.17) is 5.26 Å². The second-order valence-electron chi connectivity index (χ2n) is 5.68. The highest BCUT2D eigenvalue weighted by atomic mass is 32.2. The minimum atomic E-state index is -0.109. The molecule has 6 heteroatoms. The molecule has 0 saturated carbocycles. The summed E-state index contributed by atoms with van der Waals surface area (Å²) in [7, 11) is 0. The van der Waals surface area contributed by atoms with Gasteiger partial charge in [0, 0.05) is 23.5 Å². The Morgan fingerprint density at radius 3 is 2.38 bits per heavy atom. The molecule has 0 aromatic heterocycles. The topological polar surface area (TPSA) is 82.0 Å². The van der Waals surface area contributed by atoms with E-state index in [1.54, 1.807) is 36.4 Å². The van der Waals surface area contributed by atoms with Crippen LogP contribution >= 0.6 is 11.8 Å². The molecule has 134 valence electrons. The number of amides is 2. The molecule has 0 heterocycles. The van der Waals surface area contributed by atoms with Crippen LogP contribution < -0.4 is 10.6 Å². The molecule has 26 heavy (non-hydrogen) atoms. The molecule has 2 amide bonds. The number of nitrogens with one attached hydrogen (secondary N) is 2. The van der Waals surface area contributed by atoms with E-state index >= 15 is 0 Å². The Bertz CT molecular complexity index is 780. The van der Waals surface area contributed by atoms with E-state index in [2.05, 4.69) is 16.7 Å². The molecule has 5 nitrogen and oxygen atoms in total. The van der Waals surface area contributed by atoms with Crippen LogP contribution in [0.15, 0.2) is 48.5 Å². The lowest BCUT2D eigenvalue weighted by Crippen LogP contribution is -2.23. The van der Waals surface area contributed by atoms with Crippen molar-refractivity contribution in [2.24, 2.45) is 0 Å². The number of carbonyl (C=O) groups excluding carboxylic acids is 2. The Morgan fingerprint density at radius 2 is 1.77 bits per heavy atom. The predicted octanol–water partition coefficient (Wildman–Crippen LogP) is 3.57. The Hall–Kier alpha value is -2.78. The van der Waals surface area contributed by atoms with Crippen LogP contribution in [0, 0.1) is 11.3 Å². The van der Waals surface area contributed by atoms with Gasteiger partial charge in [0.2, 0.25) is 5.91 Å². The van der Waals surface area contributed by atoms with E-state index in [-0.39, 0.29) is 11.8 Å². The summed E-state index contributed by atoms with van der Waals surface area (Å²) in [5.41, 5.74) is 2.94. The second kappa shape index (κ2) is 10.3. The molecule has 2 N–H and O–H groups in total. The molecular formula is C20H21N3O2S. The van der Waals surface area contributed by atoms with Crippen molar-refractivity contribution in [3.63, 3.8) is 0 Å². The first-order valence-electron chi connectivity index (χ1n) is 8.37. The summed E-state index contributed by atoms with van der Waals surface area (Å²) in [4.78, 5) is 23.8. The Labute approximate surface area is 157 Å². The van der Waals surface area contributed by atoms with Crippen LogP contribution in [0.5, 0.6) is 0 Å². The molecule has 0 bridgehead atoms. The zero-order chi connectivity index (χ0) is 18.8. The first kappa shape index (κ1) is 19.5. The maximum atomic E-state index is 12.0. The number of thioether (sulfide) groups is 1. The van der Waals surface area contributed by atoms with E-state index in [1.807, 2.05) is 19.1 Å². The van der Waals surface area contributed by atoms with Crippen molar-refractivity contribution in [3.8, 4) is 6.07 Å². The lowest BCUT2D eigenvalue weighted by molar-refractivity contribution is -0.113. The van der Waals surface area contributed by atoms with Gasteiger partial charge in [-0.1, -0.05) is 19.1 Å². The fourth-order valence-electron chi connectivity index (χ4n) is 2.18. The standard InChI is InChI=1S/C20H21N3O2S/c1-2-11-22-20(25)17-7-9-18(10-8-17)23-19(24)14-26-13-16-5-3-15(12-21)4-6-16/h3-10H,2,11,13-14H2,1H3,(H,22,25)(H,23,24). The smallest absolute Gasteiger partial charge is 0.251 e. The molecule has 0 aliphatic rings. The summed E-state index contributed by atoms with van der Waals surface area (Å²) in [6.07, 6.45) is 0.889. The van der Waals surface area contributed by atoms with Crippen LogP contribution in [-0.4, -0.2) is 24.1 Å². The first-order chi connectivity index (χ1) is 12.6.